The van der Waals surface area contributed by atoms with Gasteiger partial charge < -0.3 is 19.9 Å². The number of nitrogens with zero attached hydrogens (tertiary/aromatic N) is 1. The number of carbonyl (C=O) groups is 3. The molecule has 3 amide bonds. The molecule has 32 heavy (non-hydrogen) atoms. The first-order valence-electron chi connectivity index (χ1n) is 10.5. The summed E-state index contributed by atoms with van der Waals surface area (Å²) >= 11 is 0. The number of aliphatic hydroxyl groups excluding tert-OH is 1. The van der Waals surface area contributed by atoms with Crippen LogP contribution in [-0.2, 0) is 26.5 Å². The van der Waals surface area contributed by atoms with Crippen molar-refractivity contribution < 1.29 is 29.0 Å². The molecule has 2 aromatic carbocycles. The lowest BCUT2D eigenvalue weighted by molar-refractivity contribution is -0.143. The lowest BCUT2D eigenvalue weighted by Gasteiger charge is -2.30. The second-order valence-electron chi connectivity index (χ2n) is 8.67. The number of hydrogen-bond acceptors (Lipinski definition) is 7. The average Bonchev–Trinajstić information content (AvgIpc) is 3.50. The van der Waals surface area contributed by atoms with E-state index in [4.69, 9.17) is 9.47 Å². The summed E-state index contributed by atoms with van der Waals surface area (Å²) in [4.78, 5) is 41.6. The number of likely N-dealkylation sites (tertiary alicyclic amines) is 1. The van der Waals surface area contributed by atoms with Crippen molar-refractivity contribution in [2.24, 2.45) is 11.8 Å². The van der Waals surface area contributed by atoms with Crippen molar-refractivity contribution in [3.05, 3.63) is 53.6 Å². The van der Waals surface area contributed by atoms with Gasteiger partial charge in [-0.1, -0.05) is 24.3 Å². The topological polar surface area (TPSA) is 117 Å². The number of hydrogen-bond donors (Lipinski definition) is 3. The third-order valence-corrected chi connectivity index (χ3v) is 6.95. The molecule has 5 atom stereocenters. The van der Waals surface area contributed by atoms with Crippen molar-refractivity contribution in [3.63, 3.8) is 0 Å². The molecule has 4 aliphatic heterocycles. The zero-order valence-electron chi connectivity index (χ0n) is 17.2. The molecule has 0 unspecified atom stereocenters. The van der Waals surface area contributed by atoms with Crippen molar-refractivity contribution in [1.29, 1.82) is 0 Å². The van der Waals surface area contributed by atoms with Crippen molar-refractivity contribution in [1.82, 2.24) is 10.2 Å². The number of anilines is 1. The minimum Gasteiger partial charge on any atom is -0.454 e. The van der Waals surface area contributed by atoms with Crippen LogP contribution >= 0.6 is 0 Å². The van der Waals surface area contributed by atoms with Crippen LogP contribution in [0.25, 0.3) is 0 Å². The van der Waals surface area contributed by atoms with Gasteiger partial charge >= 0.3 is 0 Å². The maximum Gasteiger partial charge on any atom is 0.250 e. The van der Waals surface area contributed by atoms with Gasteiger partial charge in [0.05, 0.1) is 24.5 Å². The van der Waals surface area contributed by atoms with Crippen LogP contribution in [0.4, 0.5) is 5.69 Å². The minimum absolute atomic E-state index is 0.0488. The zero-order valence-corrected chi connectivity index (χ0v) is 17.2. The van der Waals surface area contributed by atoms with Gasteiger partial charge in [-0.2, -0.15) is 0 Å². The molecular formula is C23H21N3O6. The summed E-state index contributed by atoms with van der Waals surface area (Å²) in [5, 5.41) is 16.5. The maximum atomic E-state index is 13.7. The Hall–Kier alpha value is -3.43. The Morgan fingerprint density at radius 3 is 2.72 bits per heavy atom. The first-order chi connectivity index (χ1) is 15.4. The second-order valence-corrected chi connectivity index (χ2v) is 8.67. The largest absolute Gasteiger partial charge is 0.454 e. The zero-order chi connectivity index (χ0) is 22.2. The monoisotopic (exact) mass is 435 g/mol. The first kappa shape index (κ1) is 19.3. The van der Waals surface area contributed by atoms with Crippen LogP contribution in [0.15, 0.2) is 42.5 Å². The van der Waals surface area contributed by atoms with Crippen molar-refractivity contribution in [2.45, 2.75) is 31.2 Å². The van der Waals surface area contributed by atoms with E-state index in [0.29, 0.717) is 28.3 Å². The molecule has 2 saturated heterocycles. The van der Waals surface area contributed by atoms with E-state index in [-0.39, 0.29) is 19.2 Å². The third kappa shape index (κ3) is 2.37. The number of ether oxygens (including phenoxy) is 2. The second kappa shape index (κ2) is 6.54. The molecular weight excluding hydrogens is 414 g/mol. The Balaban J connectivity index is 1.41. The fraction of sp³-hybridized carbons (Fsp3) is 0.348. The van der Waals surface area contributed by atoms with E-state index < -0.39 is 41.3 Å². The van der Waals surface area contributed by atoms with E-state index in [0.717, 1.165) is 0 Å². The lowest BCUT2D eigenvalue weighted by Crippen LogP contribution is -2.54. The van der Waals surface area contributed by atoms with Crippen LogP contribution in [0.2, 0.25) is 0 Å². The van der Waals surface area contributed by atoms with E-state index in [9.17, 15) is 19.5 Å². The average molecular weight is 435 g/mol. The molecule has 4 heterocycles. The van der Waals surface area contributed by atoms with Crippen LogP contribution < -0.4 is 20.1 Å². The highest BCUT2D eigenvalue weighted by atomic mass is 16.7. The molecule has 9 heteroatoms. The van der Waals surface area contributed by atoms with Crippen LogP contribution in [0.1, 0.15) is 18.1 Å². The number of nitrogens with one attached hydrogen (secondary N) is 2. The molecule has 4 aliphatic rings. The van der Waals surface area contributed by atoms with Gasteiger partial charge in [-0.25, -0.2) is 0 Å². The van der Waals surface area contributed by atoms with Crippen LogP contribution in [0, 0.1) is 11.8 Å². The van der Waals surface area contributed by atoms with E-state index >= 15 is 0 Å². The summed E-state index contributed by atoms with van der Waals surface area (Å²) in [5.41, 5.74) is 0.528. The lowest BCUT2D eigenvalue weighted by atomic mass is 9.76. The molecule has 3 N–H and O–H groups in total. The van der Waals surface area contributed by atoms with E-state index in [2.05, 4.69) is 10.6 Å². The van der Waals surface area contributed by atoms with Gasteiger partial charge in [-0.15, -0.1) is 0 Å². The Morgan fingerprint density at radius 2 is 1.91 bits per heavy atom. The molecule has 0 aromatic heterocycles. The number of carbonyl (C=O) groups excluding carboxylic acids is 3. The van der Waals surface area contributed by atoms with Gasteiger partial charge in [0, 0.05) is 17.3 Å². The number of amides is 3. The van der Waals surface area contributed by atoms with Crippen molar-refractivity contribution in [3.8, 4) is 11.5 Å². The van der Waals surface area contributed by atoms with Crippen molar-refractivity contribution >= 4 is 23.4 Å². The standard InChI is InChI=1S/C23H21N3O6/c1-11(27)19-17-18(23(25-19)13-4-2-3-5-14(13)24-22(23)30)21(29)26(20(17)28)9-12-6-7-15-16(8-12)32-10-31-15/h2-8,11,17-19,25,27H,9-10H2,1H3,(H,24,30)/t11-,17-,18+,19-,23+/m1/s1. The Bertz CT molecular complexity index is 1180. The van der Waals surface area contributed by atoms with Gasteiger partial charge in [0.25, 0.3) is 0 Å². The number of para-hydroxylation sites is 1. The number of fused-ring (bicyclic) bond motifs is 5. The predicted octanol–water partition coefficient (Wildman–Crippen LogP) is 0.717. The SMILES string of the molecule is C[C@@H](O)[C@H]1N[C@]2(C(=O)Nc3ccccc32)[C@@H]2C(=O)N(Cc3ccc4c(c3)OCO4)C(=O)[C@@H]12. The fourth-order valence-corrected chi connectivity index (χ4v) is 5.54. The summed E-state index contributed by atoms with van der Waals surface area (Å²) in [5.74, 6) is -1.85. The number of rotatable bonds is 3. The molecule has 0 aliphatic carbocycles. The molecule has 0 radical (unpaired) electrons. The molecule has 2 aromatic rings. The maximum absolute atomic E-state index is 13.7. The van der Waals surface area contributed by atoms with E-state index in [1.807, 2.05) is 0 Å². The highest BCUT2D eigenvalue weighted by Gasteiger charge is 2.71. The number of benzene rings is 2. The quantitative estimate of drug-likeness (QED) is 0.608. The number of imide groups is 1. The molecule has 0 bridgehead atoms. The fourth-order valence-electron chi connectivity index (χ4n) is 5.54. The van der Waals surface area contributed by atoms with Gasteiger partial charge in [-0.05, 0) is 30.7 Å². The summed E-state index contributed by atoms with van der Waals surface area (Å²) in [6.07, 6.45) is -0.940. The molecule has 164 valence electrons. The van der Waals surface area contributed by atoms with Crippen molar-refractivity contribution in [2.75, 3.05) is 12.1 Å². The molecule has 1 spiro atoms. The number of aliphatic hydroxyl groups is 1. The Morgan fingerprint density at radius 1 is 1.12 bits per heavy atom. The first-order valence-corrected chi connectivity index (χ1v) is 10.5. The third-order valence-electron chi connectivity index (χ3n) is 6.95. The summed E-state index contributed by atoms with van der Waals surface area (Å²) in [6.45, 7) is 1.74. The van der Waals surface area contributed by atoms with Crippen LogP contribution in [-0.4, -0.2) is 46.7 Å². The van der Waals surface area contributed by atoms with E-state index in [1.54, 1.807) is 49.4 Å². The van der Waals surface area contributed by atoms with Crippen LogP contribution in [0.5, 0.6) is 11.5 Å². The highest BCUT2D eigenvalue weighted by Crippen LogP contribution is 2.53. The van der Waals surface area contributed by atoms with E-state index in [1.165, 1.54) is 4.90 Å². The summed E-state index contributed by atoms with van der Waals surface area (Å²) in [7, 11) is 0. The Kier molecular flexibility index (Phi) is 3.94. The van der Waals surface area contributed by atoms with Gasteiger partial charge in [0.15, 0.2) is 11.5 Å². The molecule has 0 saturated carbocycles. The normalized spacial score (nSPS) is 30.6. The molecule has 2 fully saturated rings. The predicted molar refractivity (Wildman–Crippen MR) is 110 cm³/mol. The van der Waals surface area contributed by atoms with Gasteiger partial charge in [0.2, 0.25) is 24.5 Å². The van der Waals surface area contributed by atoms with Crippen LogP contribution in [0.3, 0.4) is 0 Å². The summed E-state index contributed by atoms with van der Waals surface area (Å²) in [6, 6.07) is 11.7. The molecule has 6 rings (SSSR count). The smallest absolute Gasteiger partial charge is 0.250 e. The van der Waals surface area contributed by atoms with Gasteiger partial charge in [-0.3, -0.25) is 24.6 Å². The Labute approximate surface area is 183 Å². The molecule has 9 nitrogen and oxygen atoms in total. The summed E-state index contributed by atoms with van der Waals surface area (Å²) < 4.78 is 10.7. The minimum atomic E-state index is -1.40. The van der Waals surface area contributed by atoms with Gasteiger partial charge in [0.1, 0.15) is 5.54 Å². The highest BCUT2D eigenvalue weighted by molar-refractivity contribution is 6.15.